The van der Waals surface area contributed by atoms with Crippen LogP contribution in [0.25, 0.3) is 0 Å². The molecular weight excluding hydrogens is 235 g/mol. The average Bonchev–Trinajstić information content (AvgIpc) is 2.33. The maximum atomic E-state index is 13.0. The van der Waals surface area contributed by atoms with E-state index in [1.54, 1.807) is 13.8 Å². The van der Waals surface area contributed by atoms with Gasteiger partial charge < -0.3 is 4.74 Å². The van der Waals surface area contributed by atoms with Gasteiger partial charge in [0.15, 0.2) is 5.78 Å². The number of carbonyl (C=O) groups is 2. The molecule has 0 aliphatic carbocycles. The predicted octanol–water partition coefficient (Wildman–Crippen LogP) is 3.05. The fourth-order valence-electron chi connectivity index (χ4n) is 1.59. The molecule has 0 radical (unpaired) electrons. The van der Waals surface area contributed by atoms with Gasteiger partial charge in [-0.3, -0.25) is 9.59 Å². The molecule has 0 N–H and O–H groups in total. The van der Waals surface area contributed by atoms with Gasteiger partial charge in [-0.2, -0.15) is 0 Å². The van der Waals surface area contributed by atoms with Gasteiger partial charge in [0.05, 0.1) is 6.61 Å². The van der Waals surface area contributed by atoms with Crippen LogP contribution in [0, 0.1) is 12.7 Å². The largest absolute Gasteiger partial charge is 0.466 e. The van der Waals surface area contributed by atoms with Crippen molar-refractivity contribution in [1.29, 1.82) is 0 Å². The first-order valence-electron chi connectivity index (χ1n) is 5.99. The topological polar surface area (TPSA) is 43.4 Å². The van der Waals surface area contributed by atoms with E-state index in [1.165, 1.54) is 18.2 Å². The Bertz CT molecular complexity index is 441. The van der Waals surface area contributed by atoms with Crippen molar-refractivity contribution in [2.75, 3.05) is 6.61 Å². The molecule has 0 amide bonds. The Balaban J connectivity index is 2.45. The van der Waals surface area contributed by atoms with Crippen LogP contribution in [0.3, 0.4) is 0 Å². The molecule has 0 heterocycles. The highest BCUT2D eigenvalue weighted by atomic mass is 19.1. The molecule has 0 unspecified atom stereocenters. The fraction of sp³-hybridized carbons (Fsp3) is 0.429. The molecule has 0 bridgehead atoms. The van der Waals surface area contributed by atoms with E-state index in [9.17, 15) is 14.0 Å². The maximum absolute atomic E-state index is 13.0. The van der Waals surface area contributed by atoms with Crippen LogP contribution >= 0.6 is 0 Å². The molecule has 3 nitrogen and oxygen atoms in total. The molecule has 0 aliphatic heterocycles. The number of halogens is 1. The van der Waals surface area contributed by atoms with Crippen LogP contribution in [0.5, 0.6) is 0 Å². The summed E-state index contributed by atoms with van der Waals surface area (Å²) < 4.78 is 17.8. The van der Waals surface area contributed by atoms with E-state index in [2.05, 4.69) is 0 Å². The SMILES string of the molecule is CCOC(=O)CCCC(=O)c1ccc(F)c(C)c1. The van der Waals surface area contributed by atoms with Crippen LogP contribution in [-0.4, -0.2) is 18.4 Å². The molecule has 4 heteroatoms. The summed E-state index contributed by atoms with van der Waals surface area (Å²) in [5.74, 6) is -0.693. The summed E-state index contributed by atoms with van der Waals surface area (Å²) >= 11 is 0. The molecule has 1 rings (SSSR count). The molecule has 1 aromatic carbocycles. The van der Waals surface area contributed by atoms with Crippen molar-refractivity contribution < 1.29 is 18.7 Å². The summed E-state index contributed by atoms with van der Waals surface area (Å²) in [5.41, 5.74) is 0.934. The van der Waals surface area contributed by atoms with Crippen molar-refractivity contribution in [3.05, 3.63) is 35.1 Å². The molecule has 0 saturated heterocycles. The van der Waals surface area contributed by atoms with E-state index in [0.717, 1.165) is 0 Å². The summed E-state index contributed by atoms with van der Waals surface area (Å²) in [6.45, 7) is 3.71. The second-order valence-electron chi connectivity index (χ2n) is 4.05. The standard InChI is InChI=1S/C14H17FO3/c1-3-18-14(17)6-4-5-13(16)11-7-8-12(15)10(2)9-11/h7-9H,3-6H2,1-2H3. The van der Waals surface area contributed by atoms with Crippen LogP contribution < -0.4 is 0 Å². The minimum atomic E-state index is -0.321. The molecular formula is C14H17FO3. The molecule has 18 heavy (non-hydrogen) atoms. The Morgan fingerprint density at radius 3 is 2.61 bits per heavy atom. The number of rotatable bonds is 6. The zero-order chi connectivity index (χ0) is 13.5. The summed E-state index contributed by atoms with van der Waals surface area (Å²) in [6, 6.07) is 4.28. The Hall–Kier alpha value is -1.71. The highest BCUT2D eigenvalue weighted by Gasteiger charge is 2.09. The number of hydrogen-bond donors (Lipinski definition) is 0. The Morgan fingerprint density at radius 2 is 2.00 bits per heavy atom. The predicted molar refractivity (Wildman–Crippen MR) is 66.0 cm³/mol. The molecule has 0 fully saturated rings. The molecule has 1 aromatic rings. The smallest absolute Gasteiger partial charge is 0.305 e. The molecule has 0 aliphatic rings. The first-order valence-corrected chi connectivity index (χ1v) is 5.99. The van der Waals surface area contributed by atoms with E-state index >= 15 is 0 Å². The van der Waals surface area contributed by atoms with E-state index in [1.807, 2.05) is 0 Å². The zero-order valence-electron chi connectivity index (χ0n) is 10.7. The highest BCUT2D eigenvalue weighted by Crippen LogP contribution is 2.12. The molecule has 0 aromatic heterocycles. The minimum absolute atomic E-state index is 0.0811. The second-order valence-corrected chi connectivity index (χ2v) is 4.05. The first-order chi connectivity index (χ1) is 8.54. The minimum Gasteiger partial charge on any atom is -0.466 e. The van der Waals surface area contributed by atoms with Crippen molar-refractivity contribution in [3.63, 3.8) is 0 Å². The van der Waals surface area contributed by atoms with Gasteiger partial charge in [0.25, 0.3) is 0 Å². The van der Waals surface area contributed by atoms with Gasteiger partial charge in [-0.25, -0.2) is 4.39 Å². The lowest BCUT2D eigenvalue weighted by atomic mass is 10.0. The van der Waals surface area contributed by atoms with Crippen LogP contribution in [0.15, 0.2) is 18.2 Å². The van der Waals surface area contributed by atoms with Crippen molar-refractivity contribution in [2.24, 2.45) is 0 Å². The molecule has 0 spiro atoms. The number of carbonyl (C=O) groups excluding carboxylic acids is 2. The Labute approximate surface area is 106 Å². The number of Topliss-reactive ketones (excluding diaryl/α,β-unsaturated/α-hetero) is 1. The van der Waals surface area contributed by atoms with Crippen LogP contribution in [0.1, 0.15) is 42.1 Å². The maximum Gasteiger partial charge on any atom is 0.305 e. The van der Waals surface area contributed by atoms with Crippen molar-refractivity contribution in [1.82, 2.24) is 0 Å². The lowest BCUT2D eigenvalue weighted by molar-refractivity contribution is -0.143. The quantitative estimate of drug-likeness (QED) is 0.577. The molecule has 0 atom stereocenters. The lowest BCUT2D eigenvalue weighted by Crippen LogP contribution is -2.06. The second kappa shape index (κ2) is 6.89. The van der Waals surface area contributed by atoms with E-state index in [0.29, 0.717) is 24.2 Å². The number of ketones is 1. The van der Waals surface area contributed by atoms with Crippen molar-refractivity contribution >= 4 is 11.8 Å². The summed E-state index contributed by atoms with van der Waals surface area (Å²) in [5, 5.41) is 0. The van der Waals surface area contributed by atoms with Gasteiger partial charge in [-0.15, -0.1) is 0 Å². The number of esters is 1. The number of ether oxygens (including phenoxy) is 1. The summed E-state index contributed by atoms with van der Waals surface area (Å²) in [7, 11) is 0. The normalized spacial score (nSPS) is 10.2. The summed E-state index contributed by atoms with van der Waals surface area (Å²) in [4.78, 5) is 22.8. The van der Waals surface area contributed by atoms with Gasteiger partial charge >= 0.3 is 5.97 Å². The number of aryl methyl sites for hydroxylation is 1. The van der Waals surface area contributed by atoms with Crippen molar-refractivity contribution in [2.45, 2.75) is 33.1 Å². The van der Waals surface area contributed by atoms with E-state index in [4.69, 9.17) is 4.74 Å². The van der Waals surface area contributed by atoms with Crippen molar-refractivity contribution in [3.8, 4) is 0 Å². The first kappa shape index (κ1) is 14.4. The zero-order valence-corrected chi connectivity index (χ0v) is 10.7. The van der Waals surface area contributed by atoms with Gasteiger partial charge in [-0.05, 0) is 44.0 Å². The third-order valence-electron chi connectivity index (χ3n) is 2.57. The lowest BCUT2D eigenvalue weighted by Gasteiger charge is -2.03. The highest BCUT2D eigenvalue weighted by molar-refractivity contribution is 5.96. The van der Waals surface area contributed by atoms with Gasteiger partial charge in [0, 0.05) is 18.4 Å². The third kappa shape index (κ3) is 4.28. The Morgan fingerprint density at radius 1 is 1.28 bits per heavy atom. The summed E-state index contributed by atoms with van der Waals surface area (Å²) in [6.07, 6.45) is 0.956. The van der Waals surface area contributed by atoms with Gasteiger partial charge in [-0.1, -0.05) is 0 Å². The van der Waals surface area contributed by atoms with E-state index in [-0.39, 0.29) is 30.4 Å². The fourth-order valence-corrected chi connectivity index (χ4v) is 1.59. The molecule has 0 saturated carbocycles. The molecule has 98 valence electrons. The van der Waals surface area contributed by atoms with E-state index < -0.39 is 0 Å². The third-order valence-corrected chi connectivity index (χ3v) is 2.57. The monoisotopic (exact) mass is 252 g/mol. The van der Waals surface area contributed by atoms with Crippen LogP contribution in [-0.2, 0) is 9.53 Å². The van der Waals surface area contributed by atoms with Crippen LogP contribution in [0.2, 0.25) is 0 Å². The van der Waals surface area contributed by atoms with Gasteiger partial charge in [0.1, 0.15) is 5.82 Å². The average molecular weight is 252 g/mol. The van der Waals surface area contributed by atoms with Crippen LogP contribution in [0.4, 0.5) is 4.39 Å². The number of benzene rings is 1. The Kier molecular flexibility index (Phi) is 5.49. The number of hydrogen-bond acceptors (Lipinski definition) is 3. The van der Waals surface area contributed by atoms with Gasteiger partial charge in [0.2, 0.25) is 0 Å².